The Labute approximate surface area is 138 Å². The van der Waals surface area contributed by atoms with Crippen LogP contribution in [-0.4, -0.2) is 28.7 Å². The van der Waals surface area contributed by atoms with Gasteiger partial charge in [-0.3, -0.25) is 4.79 Å². The van der Waals surface area contributed by atoms with Crippen molar-refractivity contribution >= 4 is 11.7 Å². The molecule has 1 heterocycles. The van der Waals surface area contributed by atoms with Crippen LogP contribution in [0.3, 0.4) is 0 Å². The van der Waals surface area contributed by atoms with Gasteiger partial charge in [0, 0.05) is 12.6 Å². The number of carbonyl (C=O) groups excluding carboxylic acids is 1. The summed E-state index contributed by atoms with van der Waals surface area (Å²) < 4.78 is 0. The fourth-order valence-corrected chi connectivity index (χ4v) is 3.36. The lowest BCUT2D eigenvalue weighted by Crippen LogP contribution is -2.33. The monoisotopic (exact) mass is 314 g/mol. The van der Waals surface area contributed by atoms with E-state index in [1.807, 2.05) is 6.07 Å². The molecule has 1 fully saturated rings. The molecule has 0 radical (unpaired) electrons. The van der Waals surface area contributed by atoms with E-state index in [1.54, 1.807) is 11.6 Å². The van der Waals surface area contributed by atoms with Crippen LogP contribution in [0.25, 0.3) is 0 Å². The summed E-state index contributed by atoms with van der Waals surface area (Å²) in [5.41, 5.74) is 1.95. The minimum Gasteiger partial charge on any atom is -0.368 e. The number of amides is 1. The van der Waals surface area contributed by atoms with Crippen LogP contribution in [0.4, 0.5) is 5.82 Å². The van der Waals surface area contributed by atoms with Crippen molar-refractivity contribution in [1.29, 1.82) is 0 Å². The average molecular weight is 314 g/mol. The van der Waals surface area contributed by atoms with Gasteiger partial charge < -0.3 is 10.6 Å². The predicted octanol–water partition coefficient (Wildman–Crippen LogP) is 3.45. The van der Waals surface area contributed by atoms with E-state index in [0.717, 1.165) is 31.6 Å². The van der Waals surface area contributed by atoms with E-state index < -0.39 is 0 Å². The molecular weight excluding hydrogens is 288 g/mol. The molecule has 0 spiro atoms. The Kier molecular flexibility index (Phi) is 5.61. The Morgan fingerprint density at radius 2 is 2.00 bits per heavy atom. The van der Waals surface area contributed by atoms with Crippen LogP contribution in [0.1, 0.15) is 68.3 Å². The average Bonchev–Trinajstić information content (AvgIpc) is 3.09. The van der Waals surface area contributed by atoms with Gasteiger partial charge in [0.2, 0.25) is 0 Å². The van der Waals surface area contributed by atoms with Gasteiger partial charge in [0.1, 0.15) is 5.82 Å². The van der Waals surface area contributed by atoms with E-state index in [-0.39, 0.29) is 5.91 Å². The number of hydrogen-bond donors (Lipinski definition) is 2. The largest absolute Gasteiger partial charge is 0.368 e. The zero-order valence-electron chi connectivity index (χ0n) is 13.7. The number of rotatable bonds is 6. The second-order valence-electron chi connectivity index (χ2n) is 6.54. The molecule has 1 amide bonds. The van der Waals surface area contributed by atoms with Gasteiger partial charge in [-0.2, -0.15) is 0 Å². The van der Waals surface area contributed by atoms with Crippen LogP contribution in [0, 0.1) is 0 Å². The summed E-state index contributed by atoms with van der Waals surface area (Å²) in [5, 5.41) is 14.5. The maximum Gasteiger partial charge on any atom is 0.272 e. The fourth-order valence-electron chi connectivity index (χ4n) is 3.36. The molecule has 5 nitrogen and oxygen atoms in total. The van der Waals surface area contributed by atoms with Gasteiger partial charge in [0.25, 0.3) is 5.91 Å². The van der Waals surface area contributed by atoms with Crippen LogP contribution in [0.2, 0.25) is 0 Å². The summed E-state index contributed by atoms with van der Waals surface area (Å²) >= 11 is 0. The number of anilines is 1. The Bertz CT molecular complexity index is 547. The minimum absolute atomic E-state index is 0.108. The van der Waals surface area contributed by atoms with Gasteiger partial charge in [0.05, 0.1) is 0 Å². The van der Waals surface area contributed by atoms with E-state index in [9.17, 15) is 4.79 Å². The van der Waals surface area contributed by atoms with E-state index in [2.05, 4.69) is 26.9 Å². The highest BCUT2D eigenvalue weighted by molar-refractivity contribution is 5.92. The van der Waals surface area contributed by atoms with Gasteiger partial charge in [-0.25, -0.2) is 0 Å². The van der Waals surface area contributed by atoms with Crippen molar-refractivity contribution < 1.29 is 4.79 Å². The third-order valence-electron chi connectivity index (χ3n) is 4.72. The highest BCUT2D eigenvalue weighted by Crippen LogP contribution is 2.20. The standard InChI is InChI=1S/C18H26N4O/c23-18(20-15-8-4-5-9-15)16-10-11-17(22-21-16)19-13-12-14-6-2-1-3-7-14/h6,10-11,15H,1-5,7-9,12-13H2,(H,19,22)(H,20,23). The van der Waals surface area contributed by atoms with E-state index in [1.165, 1.54) is 38.5 Å². The molecule has 0 unspecified atom stereocenters. The number of allylic oxidation sites excluding steroid dienone is 1. The molecule has 3 rings (SSSR count). The minimum atomic E-state index is -0.108. The molecule has 0 atom stereocenters. The molecule has 1 aromatic rings. The van der Waals surface area contributed by atoms with Gasteiger partial charge >= 0.3 is 0 Å². The van der Waals surface area contributed by atoms with E-state index in [0.29, 0.717) is 11.7 Å². The summed E-state index contributed by atoms with van der Waals surface area (Å²) in [6.07, 6.45) is 13.1. The molecule has 0 bridgehead atoms. The van der Waals surface area contributed by atoms with Crippen molar-refractivity contribution in [2.45, 2.75) is 63.8 Å². The van der Waals surface area contributed by atoms with Crippen molar-refractivity contribution in [1.82, 2.24) is 15.5 Å². The maximum atomic E-state index is 12.1. The van der Waals surface area contributed by atoms with Crippen molar-refractivity contribution in [3.8, 4) is 0 Å². The SMILES string of the molecule is O=C(NC1CCCC1)c1ccc(NCCC2=CCCCC2)nn1. The molecule has 1 saturated carbocycles. The third-order valence-corrected chi connectivity index (χ3v) is 4.72. The molecule has 5 heteroatoms. The van der Waals surface area contributed by atoms with Crippen LogP contribution in [0.5, 0.6) is 0 Å². The zero-order valence-corrected chi connectivity index (χ0v) is 13.7. The van der Waals surface area contributed by atoms with E-state index >= 15 is 0 Å². The summed E-state index contributed by atoms with van der Waals surface area (Å²) in [7, 11) is 0. The van der Waals surface area contributed by atoms with Crippen molar-refractivity contribution in [3.05, 3.63) is 29.5 Å². The van der Waals surface area contributed by atoms with Gasteiger partial charge in [-0.1, -0.05) is 24.5 Å². The molecule has 2 N–H and O–H groups in total. The molecular formula is C18H26N4O. The van der Waals surface area contributed by atoms with E-state index in [4.69, 9.17) is 0 Å². The van der Waals surface area contributed by atoms with Crippen LogP contribution in [0.15, 0.2) is 23.8 Å². The Morgan fingerprint density at radius 1 is 1.13 bits per heavy atom. The lowest BCUT2D eigenvalue weighted by atomic mass is 9.97. The van der Waals surface area contributed by atoms with Crippen LogP contribution in [-0.2, 0) is 0 Å². The summed E-state index contributed by atoms with van der Waals surface area (Å²) in [5.74, 6) is 0.627. The zero-order chi connectivity index (χ0) is 15.9. The molecule has 0 saturated heterocycles. The Morgan fingerprint density at radius 3 is 2.70 bits per heavy atom. The number of hydrogen-bond acceptors (Lipinski definition) is 4. The van der Waals surface area contributed by atoms with Gasteiger partial charge in [0.15, 0.2) is 5.69 Å². The van der Waals surface area contributed by atoms with Crippen LogP contribution < -0.4 is 10.6 Å². The third kappa shape index (κ3) is 4.78. The number of nitrogens with zero attached hydrogens (tertiary/aromatic N) is 2. The maximum absolute atomic E-state index is 12.1. The lowest BCUT2D eigenvalue weighted by Gasteiger charge is -2.13. The van der Waals surface area contributed by atoms with Crippen molar-refractivity contribution in [2.75, 3.05) is 11.9 Å². The molecule has 0 aliphatic heterocycles. The molecule has 124 valence electrons. The summed E-state index contributed by atoms with van der Waals surface area (Å²) in [4.78, 5) is 12.1. The molecule has 2 aliphatic carbocycles. The van der Waals surface area contributed by atoms with Gasteiger partial charge in [-0.05, 0) is 57.1 Å². The lowest BCUT2D eigenvalue weighted by molar-refractivity contribution is 0.0932. The van der Waals surface area contributed by atoms with Crippen molar-refractivity contribution in [2.24, 2.45) is 0 Å². The van der Waals surface area contributed by atoms with Crippen LogP contribution >= 0.6 is 0 Å². The normalized spacial score (nSPS) is 18.5. The molecule has 1 aromatic heterocycles. The number of aromatic nitrogens is 2. The Balaban J connectivity index is 1.44. The molecule has 0 aromatic carbocycles. The van der Waals surface area contributed by atoms with Gasteiger partial charge in [-0.15, -0.1) is 10.2 Å². The first kappa shape index (κ1) is 16.0. The first-order chi connectivity index (χ1) is 11.3. The van der Waals surface area contributed by atoms with Crippen molar-refractivity contribution in [3.63, 3.8) is 0 Å². The highest BCUT2D eigenvalue weighted by Gasteiger charge is 2.18. The summed E-state index contributed by atoms with van der Waals surface area (Å²) in [6, 6.07) is 3.90. The first-order valence-corrected chi connectivity index (χ1v) is 8.87. The first-order valence-electron chi connectivity index (χ1n) is 8.87. The second-order valence-corrected chi connectivity index (χ2v) is 6.54. The fraction of sp³-hybridized carbons (Fsp3) is 0.611. The Hall–Kier alpha value is -1.91. The molecule has 2 aliphatic rings. The second kappa shape index (κ2) is 8.09. The number of nitrogens with one attached hydrogen (secondary N) is 2. The summed E-state index contributed by atoms with van der Waals surface area (Å²) in [6.45, 7) is 0.869. The number of carbonyl (C=O) groups is 1. The quantitative estimate of drug-likeness (QED) is 0.789. The molecule has 23 heavy (non-hydrogen) atoms. The highest BCUT2D eigenvalue weighted by atomic mass is 16.2. The predicted molar refractivity (Wildman–Crippen MR) is 91.4 cm³/mol. The smallest absolute Gasteiger partial charge is 0.272 e. The topological polar surface area (TPSA) is 66.9 Å².